The van der Waals surface area contributed by atoms with Gasteiger partial charge in [-0.25, -0.2) is 14.4 Å². The van der Waals surface area contributed by atoms with Crippen LogP contribution in [0.3, 0.4) is 0 Å². The van der Waals surface area contributed by atoms with Crippen molar-refractivity contribution in [2.75, 3.05) is 25.0 Å². The summed E-state index contributed by atoms with van der Waals surface area (Å²) >= 11 is 0. The third kappa shape index (κ3) is 4.13. The molecule has 5 heterocycles. The zero-order valence-electron chi connectivity index (χ0n) is 19.3. The summed E-state index contributed by atoms with van der Waals surface area (Å²) in [6.45, 7) is 5.92. The number of halogens is 1. The molecule has 1 aromatic carbocycles. The third-order valence-electron chi connectivity index (χ3n) is 6.54. The molecule has 0 radical (unpaired) electrons. The standard InChI is InChI=1S/C26H25FN6O2/c1-16-14-32(8-9-35-16)15-17-2-5-23(28-11-17)31-21-4-3-19(20-12-30-26(34)25(20)21)22-13-29-24-10-18(27)6-7-33(22)24/h2-7,10-11,13,16H,8-9,12,14-15H2,1H3,(H,28,31)(H,30,34). The zero-order valence-corrected chi connectivity index (χ0v) is 19.3. The molecule has 0 spiro atoms. The number of nitrogens with one attached hydrogen (secondary N) is 2. The van der Waals surface area contributed by atoms with Gasteiger partial charge in [0, 0.05) is 50.2 Å². The molecule has 178 valence electrons. The number of nitrogens with zero attached hydrogens (tertiary/aromatic N) is 4. The van der Waals surface area contributed by atoms with Crippen LogP contribution >= 0.6 is 0 Å². The number of amides is 1. The van der Waals surface area contributed by atoms with Gasteiger partial charge in [-0.2, -0.15) is 0 Å². The number of aromatic nitrogens is 3. The van der Waals surface area contributed by atoms with E-state index in [-0.39, 0.29) is 17.8 Å². The highest BCUT2D eigenvalue weighted by Gasteiger charge is 2.27. The molecule has 9 heteroatoms. The summed E-state index contributed by atoms with van der Waals surface area (Å²) in [6, 6.07) is 10.6. The Balaban J connectivity index is 1.27. The van der Waals surface area contributed by atoms with Gasteiger partial charge in [0.2, 0.25) is 0 Å². The third-order valence-corrected chi connectivity index (χ3v) is 6.54. The van der Waals surface area contributed by atoms with E-state index in [0.29, 0.717) is 29.3 Å². The summed E-state index contributed by atoms with van der Waals surface area (Å²) in [6.07, 6.45) is 5.47. The van der Waals surface area contributed by atoms with Gasteiger partial charge in [0.15, 0.2) is 0 Å². The molecule has 3 aromatic heterocycles. The smallest absolute Gasteiger partial charge is 0.254 e. The van der Waals surface area contributed by atoms with Crippen LogP contribution in [0, 0.1) is 5.82 Å². The molecule has 0 bridgehead atoms. The average Bonchev–Trinajstić information content (AvgIpc) is 3.44. The van der Waals surface area contributed by atoms with Gasteiger partial charge in [0.25, 0.3) is 5.91 Å². The van der Waals surface area contributed by atoms with Gasteiger partial charge in [-0.3, -0.25) is 14.1 Å². The highest BCUT2D eigenvalue weighted by molar-refractivity contribution is 6.06. The van der Waals surface area contributed by atoms with Crippen molar-refractivity contribution in [3.05, 3.63) is 77.5 Å². The fourth-order valence-electron chi connectivity index (χ4n) is 4.87. The minimum absolute atomic E-state index is 0.137. The Hall–Kier alpha value is -3.82. The lowest BCUT2D eigenvalue weighted by atomic mass is 9.99. The number of anilines is 2. The first-order chi connectivity index (χ1) is 17.0. The highest BCUT2D eigenvalue weighted by atomic mass is 19.1. The Bertz CT molecular complexity index is 1420. The molecule has 1 fully saturated rings. The van der Waals surface area contributed by atoms with E-state index >= 15 is 0 Å². The topological polar surface area (TPSA) is 83.8 Å². The number of ether oxygens (including phenoxy) is 1. The number of pyridine rings is 2. The van der Waals surface area contributed by atoms with Crippen LogP contribution in [0.2, 0.25) is 0 Å². The molecule has 1 atom stereocenters. The molecule has 2 aliphatic rings. The van der Waals surface area contributed by atoms with Crippen LogP contribution < -0.4 is 10.6 Å². The maximum Gasteiger partial charge on any atom is 0.254 e. The van der Waals surface area contributed by atoms with Gasteiger partial charge in [-0.05, 0) is 36.2 Å². The lowest BCUT2D eigenvalue weighted by molar-refractivity contribution is -0.0212. The molecule has 2 N–H and O–H groups in total. The predicted molar refractivity (Wildman–Crippen MR) is 130 cm³/mol. The molecule has 6 rings (SSSR count). The van der Waals surface area contributed by atoms with Crippen molar-refractivity contribution >= 4 is 23.1 Å². The van der Waals surface area contributed by atoms with E-state index in [1.807, 2.05) is 28.8 Å². The predicted octanol–water partition coefficient (Wildman–Crippen LogP) is 3.74. The lowest BCUT2D eigenvalue weighted by Gasteiger charge is -2.30. The lowest BCUT2D eigenvalue weighted by Crippen LogP contribution is -2.40. The van der Waals surface area contributed by atoms with Crippen LogP contribution in [0.5, 0.6) is 0 Å². The van der Waals surface area contributed by atoms with Gasteiger partial charge >= 0.3 is 0 Å². The quantitative estimate of drug-likeness (QED) is 0.460. The summed E-state index contributed by atoms with van der Waals surface area (Å²) in [5.74, 6) is 0.195. The molecule has 1 saturated heterocycles. The molecule has 1 unspecified atom stereocenters. The van der Waals surface area contributed by atoms with Gasteiger partial charge in [0.1, 0.15) is 17.3 Å². The van der Waals surface area contributed by atoms with Gasteiger partial charge in [-0.15, -0.1) is 0 Å². The summed E-state index contributed by atoms with van der Waals surface area (Å²) < 4.78 is 21.0. The number of carbonyl (C=O) groups is 1. The van der Waals surface area contributed by atoms with Crippen LogP contribution in [0.25, 0.3) is 16.9 Å². The normalized spacial score (nSPS) is 18.0. The fourth-order valence-corrected chi connectivity index (χ4v) is 4.87. The van der Waals surface area contributed by atoms with E-state index in [4.69, 9.17) is 4.74 Å². The van der Waals surface area contributed by atoms with Crippen molar-refractivity contribution < 1.29 is 13.9 Å². The first kappa shape index (κ1) is 21.7. The average molecular weight is 473 g/mol. The Labute approximate surface area is 201 Å². The van der Waals surface area contributed by atoms with Gasteiger partial charge in [0.05, 0.1) is 35.9 Å². The van der Waals surface area contributed by atoms with Crippen molar-refractivity contribution in [1.29, 1.82) is 0 Å². The summed E-state index contributed by atoms with van der Waals surface area (Å²) in [7, 11) is 0. The molecule has 35 heavy (non-hydrogen) atoms. The van der Waals surface area contributed by atoms with Crippen molar-refractivity contribution in [2.45, 2.75) is 26.1 Å². The summed E-state index contributed by atoms with van der Waals surface area (Å²) in [5.41, 5.74) is 5.50. The number of rotatable bonds is 5. The second kappa shape index (κ2) is 8.75. The monoisotopic (exact) mass is 472 g/mol. The van der Waals surface area contributed by atoms with Crippen molar-refractivity contribution in [2.24, 2.45) is 0 Å². The minimum Gasteiger partial charge on any atom is -0.376 e. The van der Waals surface area contributed by atoms with Gasteiger partial charge in [-0.1, -0.05) is 12.1 Å². The Morgan fingerprint density at radius 2 is 2.11 bits per heavy atom. The molecular weight excluding hydrogens is 447 g/mol. The molecule has 2 aliphatic heterocycles. The van der Waals surface area contributed by atoms with E-state index in [1.54, 1.807) is 12.4 Å². The number of hydrogen-bond donors (Lipinski definition) is 2. The van der Waals surface area contributed by atoms with E-state index in [9.17, 15) is 9.18 Å². The number of fused-ring (bicyclic) bond motifs is 2. The molecule has 0 aliphatic carbocycles. The van der Waals surface area contributed by atoms with E-state index in [1.165, 1.54) is 12.1 Å². The number of hydrogen-bond acceptors (Lipinski definition) is 6. The minimum atomic E-state index is -0.339. The van der Waals surface area contributed by atoms with Crippen molar-refractivity contribution in [1.82, 2.24) is 24.6 Å². The molecule has 0 saturated carbocycles. The first-order valence-corrected chi connectivity index (χ1v) is 11.7. The van der Waals surface area contributed by atoms with Crippen LogP contribution in [-0.2, 0) is 17.8 Å². The number of imidazole rings is 1. The van der Waals surface area contributed by atoms with Crippen molar-refractivity contribution in [3.63, 3.8) is 0 Å². The molecule has 4 aromatic rings. The highest BCUT2D eigenvalue weighted by Crippen LogP contribution is 2.35. The maximum atomic E-state index is 13.6. The fraction of sp³-hybridized carbons (Fsp3) is 0.269. The summed E-state index contributed by atoms with van der Waals surface area (Å²) in [5, 5.41) is 6.24. The number of morpholine rings is 1. The van der Waals surface area contributed by atoms with Crippen molar-refractivity contribution in [3.8, 4) is 11.3 Å². The molecular formula is C26H25FN6O2. The maximum absolute atomic E-state index is 13.6. The zero-order chi connectivity index (χ0) is 23.9. The van der Waals surface area contributed by atoms with Crippen LogP contribution in [0.4, 0.5) is 15.9 Å². The van der Waals surface area contributed by atoms with E-state index in [2.05, 4.69) is 38.5 Å². The van der Waals surface area contributed by atoms with Crippen LogP contribution in [0.1, 0.15) is 28.4 Å². The Kier molecular flexibility index (Phi) is 5.43. The molecule has 1 amide bonds. The van der Waals surface area contributed by atoms with E-state index < -0.39 is 0 Å². The number of carbonyl (C=O) groups excluding carboxylic acids is 1. The Morgan fingerprint density at radius 3 is 2.94 bits per heavy atom. The van der Waals surface area contributed by atoms with Gasteiger partial charge < -0.3 is 15.4 Å². The van der Waals surface area contributed by atoms with Crippen LogP contribution in [-0.4, -0.2) is 51.0 Å². The van der Waals surface area contributed by atoms with Crippen LogP contribution in [0.15, 0.2) is 55.0 Å². The SMILES string of the molecule is CC1CN(Cc2ccc(Nc3ccc(-c4cnc5cc(F)ccn45)c4c3C(=O)NC4)nc2)CCO1. The van der Waals surface area contributed by atoms with E-state index in [0.717, 1.165) is 48.6 Å². The number of benzene rings is 1. The Morgan fingerprint density at radius 1 is 1.20 bits per heavy atom. The largest absolute Gasteiger partial charge is 0.376 e. The summed E-state index contributed by atoms with van der Waals surface area (Å²) in [4.78, 5) is 24.0. The first-order valence-electron chi connectivity index (χ1n) is 11.7. The second-order valence-electron chi connectivity index (χ2n) is 9.01. The molecule has 8 nitrogen and oxygen atoms in total. The second-order valence-corrected chi connectivity index (χ2v) is 9.01.